The second-order valence-corrected chi connectivity index (χ2v) is 5.27. The predicted octanol–water partition coefficient (Wildman–Crippen LogP) is 2.37. The van der Waals surface area contributed by atoms with Crippen molar-refractivity contribution in [1.82, 2.24) is 20.0 Å². The number of anilines is 1. The fraction of sp³-hybridized carbons (Fsp3) is 0.643. The van der Waals surface area contributed by atoms with Gasteiger partial charge in [-0.1, -0.05) is 5.10 Å². The lowest BCUT2D eigenvalue weighted by Gasteiger charge is -2.04. The Hall–Kier alpha value is -1.89. The van der Waals surface area contributed by atoms with Crippen molar-refractivity contribution in [2.24, 2.45) is 0 Å². The van der Waals surface area contributed by atoms with E-state index in [0.29, 0.717) is 18.5 Å². The molecule has 114 valence electrons. The maximum absolute atomic E-state index is 5.62. The van der Waals surface area contributed by atoms with E-state index in [-0.39, 0.29) is 6.10 Å². The molecule has 1 aliphatic rings. The first-order valence-corrected chi connectivity index (χ1v) is 7.40. The molecule has 0 aromatic carbocycles. The maximum atomic E-state index is 5.62. The van der Waals surface area contributed by atoms with Gasteiger partial charge in [0.2, 0.25) is 5.89 Å². The monoisotopic (exact) mass is 291 g/mol. The Morgan fingerprint density at radius 1 is 1.33 bits per heavy atom. The van der Waals surface area contributed by atoms with Crippen LogP contribution in [-0.2, 0) is 17.8 Å². The summed E-state index contributed by atoms with van der Waals surface area (Å²) < 4.78 is 13.1. The molecule has 0 radical (unpaired) electrons. The molecule has 2 aromatic heterocycles. The molecule has 1 saturated heterocycles. The molecule has 3 heterocycles. The second-order valence-electron chi connectivity index (χ2n) is 5.27. The largest absolute Gasteiger partial charge is 0.405 e. The number of rotatable bonds is 5. The Labute approximate surface area is 123 Å². The fourth-order valence-corrected chi connectivity index (χ4v) is 2.67. The van der Waals surface area contributed by atoms with Gasteiger partial charge in [0.25, 0.3) is 0 Å². The van der Waals surface area contributed by atoms with E-state index in [2.05, 4.69) is 34.5 Å². The van der Waals surface area contributed by atoms with Gasteiger partial charge in [0.15, 0.2) is 0 Å². The summed E-state index contributed by atoms with van der Waals surface area (Å²) in [5.41, 5.74) is 3.37. The van der Waals surface area contributed by atoms with Gasteiger partial charge in [0.1, 0.15) is 6.10 Å². The minimum atomic E-state index is -0.0423. The molecule has 0 amide bonds. The van der Waals surface area contributed by atoms with E-state index < -0.39 is 0 Å². The molecule has 0 aliphatic carbocycles. The summed E-state index contributed by atoms with van der Waals surface area (Å²) in [5.74, 6) is 0.563. The maximum Gasteiger partial charge on any atom is 0.315 e. The molecule has 7 heteroatoms. The van der Waals surface area contributed by atoms with Gasteiger partial charge >= 0.3 is 6.01 Å². The molecule has 0 bridgehead atoms. The van der Waals surface area contributed by atoms with Gasteiger partial charge in [-0.2, -0.15) is 5.10 Å². The summed E-state index contributed by atoms with van der Waals surface area (Å²) in [7, 11) is 0. The summed E-state index contributed by atoms with van der Waals surface area (Å²) in [6, 6.07) is 0.434. The van der Waals surface area contributed by atoms with Crippen molar-refractivity contribution in [1.29, 1.82) is 0 Å². The Kier molecular flexibility index (Phi) is 3.92. The van der Waals surface area contributed by atoms with E-state index in [4.69, 9.17) is 9.15 Å². The highest BCUT2D eigenvalue weighted by Gasteiger charge is 2.23. The third-order valence-electron chi connectivity index (χ3n) is 3.89. The van der Waals surface area contributed by atoms with Crippen LogP contribution < -0.4 is 5.32 Å². The average Bonchev–Trinajstić information content (AvgIpc) is 3.18. The topological polar surface area (TPSA) is 78.0 Å². The molecule has 3 rings (SSSR count). The Morgan fingerprint density at radius 3 is 2.86 bits per heavy atom. The first-order valence-electron chi connectivity index (χ1n) is 7.40. The predicted molar refractivity (Wildman–Crippen MR) is 76.9 cm³/mol. The average molecular weight is 291 g/mol. The number of nitrogens with one attached hydrogen (secondary N) is 1. The molecule has 1 atom stereocenters. The highest BCUT2D eigenvalue weighted by molar-refractivity contribution is 5.29. The van der Waals surface area contributed by atoms with Crippen LogP contribution in [0.15, 0.2) is 4.42 Å². The molecule has 7 nitrogen and oxygen atoms in total. The zero-order chi connectivity index (χ0) is 14.8. The summed E-state index contributed by atoms with van der Waals surface area (Å²) >= 11 is 0. The van der Waals surface area contributed by atoms with Crippen LogP contribution in [0.3, 0.4) is 0 Å². The summed E-state index contributed by atoms with van der Waals surface area (Å²) in [6.45, 7) is 8.45. The number of hydrogen-bond donors (Lipinski definition) is 1. The molecule has 1 aliphatic heterocycles. The minimum absolute atomic E-state index is 0.0423. The molecule has 0 unspecified atom stereocenters. The fourth-order valence-electron chi connectivity index (χ4n) is 2.67. The molecule has 0 spiro atoms. The lowest BCUT2D eigenvalue weighted by Crippen LogP contribution is -2.03. The van der Waals surface area contributed by atoms with E-state index in [9.17, 15) is 0 Å². The van der Waals surface area contributed by atoms with Gasteiger partial charge < -0.3 is 14.5 Å². The van der Waals surface area contributed by atoms with Crippen molar-refractivity contribution < 1.29 is 9.15 Å². The van der Waals surface area contributed by atoms with Gasteiger partial charge in [0.05, 0.1) is 5.69 Å². The van der Waals surface area contributed by atoms with E-state index in [1.165, 1.54) is 11.3 Å². The zero-order valence-corrected chi connectivity index (χ0v) is 12.7. The van der Waals surface area contributed by atoms with Crippen LogP contribution in [0.2, 0.25) is 0 Å². The highest BCUT2D eigenvalue weighted by atomic mass is 16.5. The number of aryl methyl sites for hydroxylation is 2. The lowest BCUT2D eigenvalue weighted by atomic mass is 10.2. The van der Waals surface area contributed by atoms with Gasteiger partial charge in [-0.15, -0.1) is 5.10 Å². The van der Waals surface area contributed by atoms with Crippen molar-refractivity contribution in [3.8, 4) is 0 Å². The van der Waals surface area contributed by atoms with Crippen molar-refractivity contribution in [3.05, 3.63) is 22.8 Å². The third-order valence-corrected chi connectivity index (χ3v) is 3.89. The number of hydrogen-bond acceptors (Lipinski definition) is 6. The Morgan fingerprint density at radius 2 is 2.19 bits per heavy atom. The molecule has 21 heavy (non-hydrogen) atoms. The van der Waals surface area contributed by atoms with Crippen LogP contribution in [0.25, 0.3) is 0 Å². The second kappa shape index (κ2) is 5.85. The van der Waals surface area contributed by atoms with E-state index >= 15 is 0 Å². The molecule has 1 fully saturated rings. The molecular weight excluding hydrogens is 270 g/mol. The van der Waals surface area contributed by atoms with Crippen LogP contribution in [-0.4, -0.2) is 26.6 Å². The van der Waals surface area contributed by atoms with Crippen molar-refractivity contribution in [2.45, 2.75) is 52.8 Å². The number of ether oxygens (including phenoxy) is 1. The number of nitrogens with zero attached hydrogens (tertiary/aromatic N) is 4. The standard InChI is InChI=1S/C14H21N5O2/c1-4-19-10(3)11(9(2)18-19)8-15-14-17-16-13(21-14)12-6-5-7-20-12/h12H,4-8H2,1-3H3,(H,15,17)/t12-/m1/s1. The summed E-state index contributed by atoms with van der Waals surface area (Å²) in [6.07, 6.45) is 1.95. The van der Waals surface area contributed by atoms with E-state index in [1.54, 1.807) is 0 Å². The molecular formula is C14H21N5O2. The van der Waals surface area contributed by atoms with Crippen LogP contribution in [0, 0.1) is 13.8 Å². The van der Waals surface area contributed by atoms with Crippen LogP contribution >= 0.6 is 0 Å². The van der Waals surface area contributed by atoms with Gasteiger partial charge in [-0.05, 0) is 33.6 Å². The van der Waals surface area contributed by atoms with Gasteiger partial charge in [0, 0.05) is 31.0 Å². The Bertz CT molecular complexity index is 613. The lowest BCUT2D eigenvalue weighted by molar-refractivity contribution is 0.0897. The first kappa shape index (κ1) is 14.1. The van der Waals surface area contributed by atoms with Gasteiger partial charge in [-0.25, -0.2) is 0 Å². The van der Waals surface area contributed by atoms with Gasteiger partial charge in [-0.3, -0.25) is 4.68 Å². The quantitative estimate of drug-likeness (QED) is 0.911. The molecule has 2 aromatic rings. The molecule has 0 saturated carbocycles. The van der Waals surface area contributed by atoms with Crippen molar-refractivity contribution in [2.75, 3.05) is 11.9 Å². The smallest absolute Gasteiger partial charge is 0.315 e. The number of aromatic nitrogens is 4. The summed E-state index contributed by atoms with van der Waals surface area (Å²) in [5, 5.41) is 15.8. The first-order chi connectivity index (χ1) is 10.2. The molecule has 1 N–H and O–H groups in total. The summed E-state index contributed by atoms with van der Waals surface area (Å²) in [4.78, 5) is 0. The van der Waals surface area contributed by atoms with Crippen LogP contribution in [0.4, 0.5) is 6.01 Å². The zero-order valence-electron chi connectivity index (χ0n) is 12.7. The normalized spacial score (nSPS) is 18.3. The van der Waals surface area contributed by atoms with Crippen molar-refractivity contribution in [3.63, 3.8) is 0 Å². The third kappa shape index (κ3) is 2.78. The van der Waals surface area contributed by atoms with Crippen LogP contribution in [0.5, 0.6) is 0 Å². The van der Waals surface area contributed by atoms with Crippen molar-refractivity contribution >= 4 is 6.01 Å². The Balaban J connectivity index is 1.66. The van der Waals surface area contributed by atoms with E-state index in [0.717, 1.165) is 31.7 Å². The SMILES string of the molecule is CCn1nc(C)c(CNc2nnc([C@H]3CCCO3)o2)c1C. The van der Waals surface area contributed by atoms with Crippen LogP contribution in [0.1, 0.15) is 48.7 Å². The van der Waals surface area contributed by atoms with E-state index in [1.807, 2.05) is 11.6 Å². The minimum Gasteiger partial charge on any atom is -0.405 e. The highest BCUT2D eigenvalue weighted by Crippen LogP contribution is 2.28.